The Kier molecular flexibility index (Phi) is 3.70. The summed E-state index contributed by atoms with van der Waals surface area (Å²) in [6, 6.07) is 5.97. The van der Waals surface area contributed by atoms with Crippen molar-refractivity contribution in [2.24, 2.45) is 5.73 Å². The fraction of sp³-hybridized carbons (Fsp3) is 0.231. The predicted molar refractivity (Wildman–Crippen MR) is 63.9 cm³/mol. The molecule has 1 aromatic heterocycles. The van der Waals surface area contributed by atoms with E-state index in [0.29, 0.717) is 17.8 Å². The van der Waals surface area contributed by atoms with Crippen LogP contribution in [0.5, 0.6) is 0 Å². The molecule has 4 nitrogen and oxygen atoms in total. The molecule has 0 radical (unpaired) electrons. The Morgan fingerprint density at radius 3 is 2.94 bits per heavy atom. The quantitative estimate of drug-likeness (QED) is 0.834. The first-order valence-corrected chi connectivity index (χ1v) is 5.45. The van der Waals surface area contributed by atoms with Crippen LogP contribution in [0.15, 0.2) is 28.8 Å². The van der Waals surface area contributed by atoms with Crippen LogP contribution in [0, 0.1) is 18.2 Å². The van der Waals surface area contributed by atoms with Crippen LogP contribution in [0.4, 0.5) is 4.39 Å². The molecule has 2 rings (SSSR count). The summed E-state index contributed by atoms with van der Waals surface area (Å²) in [7, 11) is 0. The monoisotopic (exact) mass is 245 g/mol. The van der Waals surface area contributed by atoms with Gasteiger partial charge in [0.25, 0.3) is 0 Å². The third-order valence-electron chi connectivity index (χ3n) is 2.45. The summed E-state index contributed by atoms with van der Waals surface area (Å²) in [4.78, 5) is 4.10. The van der Waals surface area contributed by atoms with E-state index in [1.165, 1.54) is 6.07 Å². The van der Waals surface area contributed by atoms with E-state index in [9.17, 15) is 4.39 Å². The molecular formula is C13H12FN3O. The van der Waals surface area contributed by atoms with Crippen LogP contribution in [0.25, 0.3) is 0 Å². The van der Waals surface area contributed by atoms with Crippen molar-refractivity contribution < 1.29 is 8.91 Å². The molecule has 18 heavy (non-hydrogen) atoms. The van der Waals surface area contributed by atoms with Crippen molar-refractivity contribution in [1.29, 1.82) is 0 Å². The molecule has 0 amide bonds. The number of terminal acetylenes is 1. The lowest BCUT2D eigenvalue weighted by Crippen LogP contribution is -2.09. The van der Waals surface area contributed by atoms with Crippen molar-refractivity contribution in [1.82, 2.24) is 10.1 Å². The molecule has 2 aromatic rings. The van der Waals surface area contributed by atoms with E-state index in [4.69, 9.17) is 16.7 Å². The molecule has 92 valence electrons. The Hall–Kier alpha value is -2.19. The highest BCUT2D eigenvalue weighted by Gasteiger charge is 2.14. The van der Waals surface area contributed by atoms with E-state index in [2.05, 4.69) is 16.1 Å². The number of hydrogen-bond donors (Lipinski definition) is 1. The highest BCUT2D eigenvalue weighted by atomic mass is 19.1. The summed E-state index contributed by atoms with van der Waals surface area (Å²) in [5.41, 5.74) is 6.24. The Balaban J connectivity index is 2.12. The molecule has 0 bridgehead atoms. The number of halogens is 1. The summed E-state index contributed by atoms with van der Waals surface area (Å²) < 4.78 is 18.4. The third kappa shape index (κ3) is 2.73. The van der Waals surface area contributed by atoms with Gasteiger partial charge in [-0.15, -0.1) is 12.3 Å². The number of rotatable bonds is 4. The molecule has 1 aromatic carbocycles. The van der Waals surface area contributed by atoms with E-state index >= 15 is 0 Å². The van der Waals surface area contributed by atoms with Gasteiger partial charge in [0.2, 0.25) is 5.89 Å². The average Bonchev–Trinajstić information content (AvgIpc) is 2.81. The molecule has 5 heteroatoms. The second-order valence-corrected chi connectivity index (χ2v) is 3.83. The Labute approximate surface area is 104 Å². The number of nitrogens with zero attached hydrogens (tertiary/aromatic N) is 2. The minimum absolute atomic E-state index is 0.263. The van der Waals surface area contributed by atoms with Crippen LogP contribution in [0.2, 0.25) is 0 Å². The Morgan fingerprint density at radius 2 is 2.22 bits per heavy atom. The third-order valence-corrected chi connectivity index (χ3v) is 2.45. The maximum atomic E-state index is 13.4. The van der Waals surface area contributed by atoms with Crippen molar-refractivity contribution in [3.8, 4) is 12.3 Å². The maximum absolute atomic E-state index is 13.4. The van der Waals surface area contributed by atoms with Gasteiger partial charge in [0.1, 0.15) is 5.82 Å². The number of hydrogen-bond acceptors (Lipinski definition) is 4. The Bertz CT molecular complexity index is 574. The first-order chi connectivity index (χ1) is 8.70. The van der Waals surface area contributed by atoms with Gasteiger partial charge in [-0.1, -0.05) is 23.4 Å². The summed E-state index contributed by atoms with van der Waals surface area (Å²) >= 11 is 0. The number of nitrogens with two attached hydrogens (primary N) is 1. The van der Waals surface area contributed by atoms with Crippen molar-refractivity contribution in [2.45, 2.75) is 18.9 Å². The molecule has 1 atom stereocenters. The zero-order valence-corrected chi connectivity index (χ0v) is 9.64. The second kappa shape index (κ2) is 5.43. The first-order valence-electron chi connectivity index (χ1n) is 5.45. The van der Waals surface area contributed by atoms with Crippen LogP contribution >= 0.6 is 0 Å². The summed E-state index contributed by atoms with van der Waals surface area (Å²) in [6.07, 6.45) is 5.73. The van der Waals surface area contributed by atoms with E-state index < -0.39 is 6.04 Å². The lowest BCUT2D eigenvalue weighted by Gasteiger charge is -1.99. The largest absolute Gasteiger partial charge is 0.338 e. The average molecular weight is 245 g/mol. The lowest BCUT2D eigenvalue weighted by molar-refractivity contribution is 0.353. The van der Waals surface area contributed by atoms with Gasteiger partial charge in [0.05, 0.1) is 6.04 Å². The molecule has 0 aliphatic carbocycles. The lowest BCUT2D eigenvalue weighted by atomic mass is 10.1. The standard InChI is InChI=1S/C13H12FN3O/c1-2-5-11(15)13-16-12(17-18-13)8-9-6-3-4-7-10(9)14/h1,3-4,6-7,11H,5,8,15H2. The SMILES string of the molecule is C#CCC(N)c1nc(Cc2ccccc2F)no1. The van der Waals surface area contributed by atoms with E-state index in [1.54, 1.807) is 18.2 Å². The van der Waals surface area contributed by atoms with Crippen molar-refractivity contribution in [3.05, 3.63) is 47.4 Å². The fourth-order valence-corrected chi connectivity index (χ4v) is 1.52. The minimum atomic E-state index is -0.475. The molecule has 1 heterocycles. The number of benzene rings is 1. The van der Waals surface area contributed by atoms with Gasteiger partial charge >= 0.3 is 0 Å². The normalized spacial score (nSPS) is 12.1. The van der Waals surface area contributed by atoms with Crippen LogP contribution in [-0.2, 0) is 6.42 Å². The summed E-state index contributed by atoms with van der Waals surface area (Å²) in [6.45, 7) is 0. The van der Waals surface area contributed by atoms with Gasteiger partial charge in [-0.05, 0) is 11.6 Å². The van der Waals surface area contributed by atoms with E-state index in [-0.39, 0.29) is 18.1 Å². The fourth-order valence-electron chi connectivity index (χ4n) is 1.52. The van der Waals surface area contributed by atoms with E-state index in [0.717, 1.165) is 0 Å². The smallest absolute Gasteiger partial charge is 0.244 e. The predicted octanol–water partition coefficient (Wildman–Crippen LogP) is 1.82. The molecule has 0 fully saturated rings. The molecule has 0 saturated carbocycles. The van der Waals surface area contributed by atoms with Gasteiger partial charge in [0, 0.05) is 12.8 Å². The van der Waals surface area contributed by atoms with Gasteiger partial charge in [-0.25, -0.2) is 4.39 Å². The van der Waals surface area contributed by atoms with Gasteiger partial charge in [-0.3, -0.25) is 0 Å². The highest BCUT2D eigenvalue weighted by Crippen LogP contribution is 2.14. The first kappa shape index (κ1) is 12.3. The zero-order chi connectivity index (χ0) is 13.0. The highest BCUT2D eigenvalue weighted by molar-refractivity contribution is 5.20. The molecule has 0 spiro atoms. The molecule has 0 aliphatic heterocycles. The molecule has 1 unspecified atom stereocenters. The van der Waals surface area contributed by atoms with Crippen LogP contribution in [0.3, 0.4) is 0 Å². The maximum Gasteiger partial charge on any atom is 0.244 e. The van der Waals surface area contributed by atoms with Crippen LogP contribution in [0.1, 0.15) is 29.7 Å². The molecule has 0 saturated heterocycles. The second-order valence-electron chi connectivity index (χ2n) is 3.83. The Morgan fingerprint density at radius 1 is 1.44 bits per heavy atom. The van der Waals surface area contributed by atoms with Crippen molar-refractivity contribution in [3.63, 3.8) is 0 Å². The molecule has 0 aliphatic rings. The van der Waals surface area contributed by atoms with Crippen LogP contribution < -0.4 is 5.73 Å². The van der Waals surface area contributed by atoms with Gasteiger partial charge in [-0.2, -0.15) is 4.98 Å². The minimum Gasteiger partial charge on any atom is -0.338 e. The van der Waals surface area contributed by atoms with Crippen LogP contribution in [-0.4, -0.2) is 10.1 Å². The zero-order valence-electron chi connectivity index (χ0n) is 9.64. The van der Waals surface area contributed by atoms with Gasteiger partial charge < -0.3 is 10.3 Å². The molecular weight excluding hydrogens is 233 g/mol. The molecule has 2 N–H and O–H groups in total. The van der Waals surface area contributed by atoms with Gasteiger partial charge in [0.15, 0.2) is 5.82 Å². The summed E-state index contributed by atoms with van der Waals surface area (Å²) in [5, 5.41) is 3.75. The topological polar surface area (TPSA) is 64.9 Å². The van der Waals surface area contributed by atoms with E-state index in [1.807, 2.05) is 0 Å². The number of aromatic nitrogens is 2. The summed E-state index contributed by atoms with van der Waals surface area (Å²) in [5.74, 6) is 2.79. The van der Waals surface area contributed by atoms with Crippen molar-refractivity contribution in [2.75, 3.05) is 0 Å². The van der Waals surface area contributed by atoms with Crippen molar-refractivity contribution >= 4 is 0 Å².